The minimum absolute atomic E-state index is 0.0722. The molecule has 1 amide bonds. The predicted molar refractivity (Wildman–Crippen MR) is 107 cm³/mol. The van der Waals surface area contributed by atoms with Crippen LogP contribution < -0.4 is 15.7 Å². The van der Waals surface area contributed by atoms with Gasteiger partial charge in [-0.05, 0) is 33.8 Å². The van der Waals surface area contributed by atoms with Gasteiger partial charge in [0, 0.05) is 6.54 Å². The second kappa shape index (κ2) is 9.24. The van der Waals surface area contributed by atoms with Crippen LogP contribution in [0.25, 0.3) is 5.82 Å². The quantitative estimate of drug-likeness (QED) is 0.483. The Bertz CT molecular complexity index is 1260. The normalized spacial score (nSPS) is 12.6. The number of aliphatic hydroxyl groups excluding tert-OH is 1. The van der Waals surface area contributed by atoms with Gasteiger partial charge in [-0.2, -0.15) is 22.8 Å². The Balaban J connectivity index is 2.15. The van der Waals surface area contributed by atoms with Crippen LogP contribution >= 0.6 is 0 Å². The molecule has 0 spiro atoms. The molecule has 15 heteroatoms. The van der Waals surface area contributed by atoms with Crippen LogP contribution in [0.5, 0.6) is 5.88 Å². The molecule has 0 bridgehead atoms. The van der Waals surface area contributed by atoms with Crippen molar-refractivity contribution >= 4 is 11.6 Å². The topological polar surface area (TPSA) is 137 Å². The molecule has 3 aromatic rings. The van der Waals surface area contributed by atoms with Crippen molar-refractivity contribution in [2.45, 2.75) is 53.1 Å². The zero-order valence-corrected chi connectivity index (χ0v) is 18.4. The van der Waals surface area contributed by atoms with Gasteiger partial charge in [-0.3, -0.25) is 9.36 Å². The van der Waals surface area contributed by atoms with Gasteiger partial charge in [-0.1, -0.05) is 5.16 Å². The second-order valence-electron chi connectivity index (χ2n) is 7.11. The molecule has 0 aromatic carbocycles. The SMILES string of the molecule is CCn1c(CO)nn(-c2nc(O[C@@H](C)C(F)(F)F)c(C(=O)Nc3c(C)noc3C)cc2F)c1=O. The zero-order valence-electron chi connectivity index (χ0n) is 18.4. The number of carbonyl (C=O) groups excluding carboxylic acids is 1. The van der Waals surface area contributed by atoms with E-state index in [9.17, 15) is 32.3 Å². The van der Waals surface area contributed by atoms with E-state index >= 15 is 0 Å². The number of nitrogens with zero attached hydrogens (tertiary/aromatic N) is 5. The maximum atomic E-state index is 15.0. The monoisotopic (exact) mass is 488 g/mol. The summed E-state index contributed by atoms with van der Waals surface area (Å²) >= 11 is 0. The molecule has 2 N–H and O–H groups in total. The highest BCUT2D eigenvalue weighted by Crippen LogP contribution is 2.29. The Hall–Kier alpha value is -3.75. The van der Waals surface area contributed by atoms with Crippen LogP contribution in [0.4, 0.5) is 23.2 Å². The summed E-state index contributed by atoms with van der Waals surface area (Å²) in [5, 5.41) is 19.2. The van der Waals surface area contributed by atoms with Crippen LogP contribution in [0.1, 0.15) is 41.5 Å². The fourth-order valence-electron chi connectivity index (χ4n) is 2.95. The number of ether oxygens (including phenoxy) is 1. The van der Waals surface area contributed by atoms with Crippen LogP contribution in [0.3, 0.4) is 0 Å². The molecule has 0 aliphatic carbocycles. The molecule has 1 atom stereocenters. The number of anilines is 1. The van der Waals surface area contributed by atoms with Crippen molar-refractivity contribution in [3.8, 4) is 11.7 Å². The molecule has 3 aromatic heterocycles. The first kappa shape index (κ1) is 24.9. The summed E-state index contributed by atoms with van der Waals surface area (Å²) < 4.78 is 65.7. The van der Waals surface area contributed by atoms with Crippen molar-refractivity contribution in [1.29, 1.82) is 0 Å². The largest absolute Gasteiger partial charge is 0.464 e. The van der Waals surface area contributed by atoms with E-state index in [1.54, 1.807) is 6.92 Å². The van der Waals surface area contributed by atoms with Gasteiger partial charge in [0.05, 0.1) is 0 Å². The molecule has 3 rings (SSSR count). The number of nitrogens with one attached hydrogen (secondary N) is 1. The zero-order chi connectivity index (χ0) is 25.4. The lowest BCUT2D eigenvalue weighted by Crippen LogP contribution is -2.33. The molecule has 0 saturated carbocycles. The highest BCUT2D eigenvalue weighted by Gasteiger charge is 2.39. The van der Waals surface area contributed by atoms with Crippen LogP contribution in [0.15, 0.2) is 15.4 Å². The van der Waals surface area contributed by atoms with Crippen LogP contribution in [-0.4, -0.2) is 47.8 Å². The van der Waals surface area contributed by atoms with Gasteiger partial charge >= 0.3 is 11.9 Å². The van der Waals surface area contributed by atoms with Gasteiger partial charge in [-0.25, -0.2) is 9.18 Å². The summed E-state index contributed by atoms with van der Waals surface area (Å²) in [7, 11) is 0. The molecule has 0 aliphatic rings. The van der Waals surface area contributed by atoms with Crippen molar-refractivity contribution < 1.29 is 36.7 Å². The number of carbonyl (C=O) groups is 1. The smallest absolute Gasteiger partial charge is 0.425 e. The Kier molecular flexibility index (Phi) is 6.77. The van der Waals surface area contributed by atoms with Gasteiger partial charge < -0.3 is 19.7 Å². The van der Waals surface area contributed by atoms with Crippen LogP contribution in [0.2, 0.25) is 0 Å². The molecule has 34 heavy (non-hydrogen) atoms. The number of aromatic nitrogens is 5. The third-order valence-corrected chi connectivity index (χ3v) is 4.79. The molecule has 0 fully saturated rings. The van der Waals surface area contributed by atoms with Crippen molar-refractivity contribution in [3.63, 3.8) is 0 Å². The summed E-state index contributed by atoms with van der Waals surface area (Å²) in [6.07, 6.45) is -7.27. The number of aliphatic hydroxyl groups is 1. The molecule has 11 nitrogen and oxygen atoms in total. The van der Waals surface area contributed by atoms with Gasteiger partial charge in [0.2, 0.25) is 5.88 Å². The predicted octanol–water partition coefficient (Wildman–Crippen LogP) is 2.27. The van der Waals surface area contributed by atoms with E-state index in [1.165, 1.54) is 13.8 Å². The lowest BCUT2D eigenvalue weighted by Gasteiger charge is -2.19. The number of rotatable bonds is 7. The Morgan fingerprint density at radius 1 is 1.35 bits per heavy atom. The molecule has 184 valence electrons. The Morgan fingerprint density at radius 2 is 2.03 bits per heavy atom. The maximum Gasteiger partial charge on any atom is 0.425 e. The summed E-state index contributed by atoms with van der Waals surface area (Å²) in [4.78, 5) is 29.1. The first-order chi connectivity index (χ1) is 15.9. The van der Waals surface area contributed by atoms with E-state index in [4.69, 9.17) is 9.26 Å². The lowest BCUT2D eigenvalue weighted by atomic mass is 10.2. The highest BCUT2D eigenvalue weighted by molar-refractivity contribution is 6.06. The molecule has 0 radical (unpaired) electrons. The molecule has 0 aliphatic heterocycles. The minimum atomic E-state index is -4.84. The number of pyridine rings is 1. The molecular formula is C19H20F4N6O5. The fraction of sp³-hybridized carbons (Fsp3) is 0.421. The van der Waals surface area contributed by atoms with E-state index in [0.29, 0.717) is 17.7 Å². The summed E-state index contributed by atoms with van der Waals surface area (Å²) in [6.45, 7) is 4.63. The second-order valence-corrected chi connectivity index (χ2v) is 7.11. The summed E-state index contributed by atoms with van der Waals surface area (Å²) in [6, 6.07) is 0.574. The first-order valence-corrected chi connectivity index (χ1v) is 9.87. The molecular weight excluding hydrogens is 468 g/mol. The average molecular weight is 488 g/mol. The van der Waals surface area contributed by atoms with Crippen molar-refractivity contribution in [2.75, 3.05) is 5.32 Å². The minimum Gasteiger partial charge on any atom is -0.464 e. The summed E-state index contributed by atoms with van der Waals surface area (Å²) in [5.41, 5.74) is -1.17. The van der Waals surface area contributed by atoms with Crippen molar-refractivity contribution in [3.05, 3.63) is 45.2 Å². The number of amides is 1. The van der Waals surface area contributed by atoms with Crippen molar-refractivity contribution in [1.82, 2.24) is 24.5 Å². The van der Waals surface area contributed by atoms with Crippen LogP contribution in [-0.2, 0) is 13.2 Å². The van der Waals surface area contributed by atoms with Crippen molar-refractivity contribution in [2.24, 2.45) is 0 Å². The maximum absolute atomic E-state index is 15.0. The van der Waals surface area contributed by atoms with E-state index in [0.717, 1.165) is 4.57 Å². The lowest BCUT2D eigenvalue weighted by molar-refractivity contribution is -0.190. The van der Waals surface area contributed by atoms with Gasteiger partial charge in [0.25, 0.3) is 5.91 Å². The number of alkyl halides is 3. The number of hydrogen-bond acceptors (Lipinski definition) is 8. The molecule has 0 saturated heterocycles. The van der Waals surface area contributed by atoms with Gasteiger partial charge in [-0.15, -0.1) is 5.10 Å². The Labute approximate surface area is 188 Å². The molecule has 3 heterocycles. The van der Waals surface area contributed by atoms with E-state index in [-0.39, 0.29) is 29.5 Å². The van der Waals surface area contributed by atoms with E-state index in [1.807, 2.05) is 0 Å². The van der Waals surface area contributed by atoms with E-state index in [2.05, 4.69) is 20.6 Å². The first-order valence-electron chi connectivity index (χ1n) is 9.87. The standard InChI is InChI=1S/C19H20F4N6O5/c1-5-28-13(7-30)26-29(18(28)32)15-12(20)6-11(17(25-15)33-10(4)19(21,22)23)16(31)24-14-8(2)27-34-9(14)3/h6,10,30H,5,7H2,1-4H3,(H,24,31)/t10-/m0/s1. The molecule has 0 unspecified atom stereocenters. The number of aryl methyl sites for hydroxylation is 2. The third-order valence-electron chi connectivity index (χ3n) is 4.79. The van der Waals surface area contributed by atoms with Gasteiger partial charge in [0.15, 0.2) is 29.3 Å². The number of hydrogen-bond donors (Lipinski definition) is 2. The Morgan fingerprint density at radius 3 is 2.53 bits per heavy atom. The summed E-state index contributed by atoms with van der Waals surface area (Å²) in [5.74, 6) is -3.93. The third kappa shape index (κ3) is 4.64. The average Bonchev–Trinajstić information content (AvgIpc) is 3.26. The van der Waals surface area contributed by atoms with Gasteiger partial charge in [0.1, 0.15) is 23.6 Å². The number of halogens is 4. The van der Waals surface area contributed by atoms with E-state index < -0.39 is 53.6 Å². The van der Waals surface area contributed by atoms with Crippen LogP contribution in [0, 0.1) is 19.7 Å². The fourth-order valence-corrected chi connectivity index (χ4v) is 2.95. The highest BCUT2D eigenvalue weighted by atomic mass is 19.4.